The van der Waals surface area contributed by atoms with Crippen LogP contribution in [0.15, 0.2) is 48.5 Å². The van der Waals surface area contributed by atoms with Crippen LogP contribution in [0, 0.1) is 6.92 Å². The number of hydrogen-bond donors (Lipinski definition) is 1. The zero-order valence-corrected chi connectivity index (χ0v) is 13.4. The number of ether oxygens (including phenoxy) is 1. The van der Waals surface area contributed by atoms with Gasteiger partial charge in [0.15, 0.2) is 0 Å². The van der Waals surface area contributed by atoms with Gasteiger partial charge in [-0.1, -0.05) is 42.0 Å². The molecule has 22 heavy (non-hydrogen) atoms. The van der Waals surface area contributed by atoms with Gasteiger partial charge in [-0.05, 0) is 44.0 Å². The van der Waals surface area contributed by atoms with Gasteiger partial charge in [0.2, 0.25) is 5.91 Å². The van der Waals surface area contributed by atoms with E-state index in [2.05, 4.69) is 5.32 Å². The monoisotopic (exact) mass is 297 g/mol. The van der Waals surface area contributed by atoms with Crippen molar-refractivity contribution in [2.24, 2.45) is 0 Å². The molecule has 0 heterocycles. The van der Waals surface area contributed by atoms with Gasteiger partial charge in [-0.25, -0.2) is 0 Å². The number of amides is 1. The van der Waals surface area contributed by atoms with Crippen LogP contribution in [0.25, 0.3) is 0 Å². The largest absolute Gasteiger partial charge is 0.494 e. The minimum absolute atomic E-state index is 0.0198. The molecule has 3 heteroatoms. The number of rotatable bonds is 6. The first-order valence-electron chi connectivity index (χ1n) is 7.66. The van der Waals surface area contributed by atoms with Crippen LogP contribution in [0.3, 0.4) is 0 Å². The van der Waals surface area contributed by atoms with E-state index in [9.17, 15) is 4.79 Å². The summed E-state index contributed by atoms with van der Waals surface area (Å²) in [4.78, 5) is 12.1. The molecule has 0 saturated heterocycles. The average molecular weight is 297 g/mol. The Morgan fingerprint density at radius 2 is 1.73 bits per heavy atom. The van der Waals surface area contributed by atoms with E-state index >= 15 is 0 Å². The summed E-state index contributed by atoms with van der Waals surface area (Å²) in [6.45, 7) is 6.64. The fourth-order valence-corrected chi connectivity index (χ4v) is 2.29. The molecule has 2 rings (SSSR count). The highest BCUT2D eigenvalue weighted by atomic mass is 16.5. The van der Waals surface area contributed by atoms with E-state index < -0.39 is 0 Å². The van der Waals surface area contributed by atoms with E-state index in [4.69, 9.17) is 4.74 Å². The highest BCUT2D eigenvalue weighted by molar-refractivity contribution is 5.79. The minimum atomic E-state index is -0.0198. The van der Waals surface area contributed by atoms with Gasteiger partial charge in [-0.2, -0.15) is 0 Å². The summed E-state index contributed by atoms with van der Waals surface area (Å²) in [5.74, 6) is 0.884. The summed E-state index contributed by atoms with van der Waals surface area (Å²) < 4.78 is 5.42. The van der Waals surface area contributed by atoms with Gasteiger partial charge in [0, 0.05) is 0 Å². The summed E-state index contributed by atoms with van der Waals surface area (Å²) in [5.41, 5.74) is 3.30. The van der Waals surface area contributed by atoms with Crippen LogP contribution in [-0.4, -0.2) is 12.5 Å². The number of hydrogen-bond acceptors (Lipinski definition) is 2. The summed E-state index contributed by atoms with van der Waals surface area (Å²) in [6, 6.07) is 15.9. The average Bonchev–Trinajstić information content (AvgIpc) is 2.50. The highest BCUT2D eigenvalue weighted by Crippen LogP contribution is 2.17. The van der Waals surface area contributed by atoms with Crippen molar-refractivity contribution in [1.82, 2.24) is 5.32 Å². The van der Waals surface area contributed by atoms with Crippen molar-refractivity contribution in [1.29, 1.82) is 0 Å². The Labute approximate surface area is 132 Å². The van der Waals surface area contributed by atoms with Crippen LogP contribution >= 0.6 is 0 Å². The summed E-state index contributed by atoms with van der Waals surface area (Å²) >= 11 is 0. The Morgan fingerprint density at radius 3 is 2.32 bits per heavy atom. The number of benzene rings is 2. The molecule has 3 nitrogen and oxygen atoms in total. The second-order valence-corrected chi connectivity index (χ2v) is 5.45. The van der Waals surface area contributed by atoms with Crippen molar-refractivity contribution in [3.63, 3.8) is 0 Å². The Hall–Kier alpha value is -2.29. The second kappa shape index (κ2) is 7.64. The fraction of sp³-hybridized carbons (Fsp3) is 0.316. The first-order valence-corrected chi connectivity index (χ1v) is 7.66. The third kappa shape index (κ3) is 4.62. The SMILES string of the molecule is CCOc1ccc(C(C)NC(=O)Cc2ccc(C)cc2)cc1. The van der Waals surface area contributed by atoms with E-state index in [0.29, 0.717) is 13.0 Å². The molecule has 0 saturated carbocycles. The molecular weight excluding hydrogens is 274 g/mol. The third-order valence-corrected chi connectivity index (χ3v) is 3.55. The molecule has 0 fully saturated rings. The molecule has 0 spiro atoms. The van der Waals surface area contributed by atoms with Gasteiger partial charge in [0.25, 0.3) is 0 Å². The van der Waals surface area contributed by atoms with Crippen molar-refractivity contribution in [3.05, 3.63) is 65.2 Å². The molecule has 116 valence electrons. The molecule has 2 aromatic carbocycles. The molecule has 2 aromatic rings. The molecule has 1 amide bonds. The smallest absolute Gasteiger partial charge is 0.224 e. The van der Waals surface area contributed by atoms with E-state index in [0.717, 1.165) is 16.9 Å². The highest BCUT2D eigenvalue weighted by Gasteiger charge is 2.10. The fourth-order valence-electron chi connectivity index (χ4n) is 2.29. The lowest BCUT2D eigenvalue weighted by molar-refractivity contribution is -0.121. The zero-order valence-electron chi connectivity index (χ0n) is 13.4. The van der Waals surface area contributed by atoms with Gasteiger partial charge in [-0.3, -0.25) is 4.79 Å². The molecule has 0 aliphatic carbocycles. The van der Waals surface area contributed by atoms with Crippen molar-refractivity contribution < 1.29 is 9.53 Å². The van der Waals surface area contributed by atoms with Gasteiger partial charge in [0.05, 0.1) is 19.1 Å². The Kier molecular flexibility index (Phi) is 5.59. The van der Waals surface area contributed by atoms with Crippen LogP contribution in [0.1, 0.15) is 36.6 Å². The molecule has 0 bridgehead atoms. The van der Waals surface area contributed by atoms with Crippen LogP contribution in [0.4, 0.5) is 0 Å². The zero-order chi connectivity index (χ0) is 15.9. The van der Waals surface area contributed by atoms with E-state index in [-0.39, 0.29) is 11.9 Å². The topological polar surface area (TPSA) is 38.3 Å². The van der Waals surface area contributed by atoms with Crippen LogP contribution in [0.2, 0.25) is 0 Å². The molecule has 1 atom stereocenters. The van der Waals surface area contributed by atoms with Crippen LogP contribution < -0.4 is 10.1 Å². The molecule has 0 aromatic heterocycles. The molecule has 0 aliphatic rings. The van der Waals surface area contributed by atoms with Crippen molar-refractivity contribution >= 4 is 5.91 Å². The maximum Gasteiger partial charge on any atom is 0.224 e. The number of aryl methyl sites for hydroxylation is 1. The second-order valence-electron chi connectivity index (χ2n) is 5.45. The van der Waals surface area contributed by atoms with Crippen molar-refractivity contribution in [2.75, 3.05) is 6.61 Å². The van der Waals surface area contributed by atoms with Gasteiger partial charge >= 0.3 is 0 Å². The predicted octanol–water partition coefficient (Wildman–Crippen LogP) is 3.81. The first-order chi connectivity index (χ1) is 10.6. The Balaban J connectivity index is 1.91. The van der Waals surface area contributed by atoms with Gasteiger partial charge in [0.1, 0.15) is 5.75 Å². The van der Waals surface area contributed by atoms with Crippen molar-refractivity contribution in [2.45, 2.75) is 33.2 Å². The van der Waals surface area contributed by atoms with E-state index in [1.54, 1.807) is 0 Å². The van der Waals surface area contributed by atoms with Crippen LogP contribution in [-0.2, 0) is 11.2 Å². The molecule has 0 radical (unpaired) electrons. The molecule has 1 unspecified atom stereocenters. The third-order valence-electron chi connectivity index (χ3n) is 3.55. The standard InChI is InChI=1S/C19H23NO2/c1-4-22-18-11-9-17(10-12-18)15(3)20-19(21)13-16-7-5-14(2)6-8-16/h5-12,15H,4,13H2,1-3H3,(H,20,21). The number of nitrogens with one attached hydrogen (secondary N) is 1. The van der Waals surface area contributed by atoms with E-state index in [1.807, 2.05) is 69.3 Å². The Morgan fingerprint density at radius 1 is 1.09 bits per heavy atom. The molecule has 0 aliphatic heterocycles. The number of carbonyl (C=O) groups excluding carboxylic acids is 1. The number of carbonyl (C=O) groups is 1. The van der Waals surface area contributed by atoms with E-state index in [1.165, 1.54) is 5.56 Å². The summed E-state index contributed by atoms with van der Waals surface area (Å²) in [5, 5.41) is 3.03. The lowest BCUT2D eigenvalue weighted by Gasteiger charge is -2.15. The van der Waals surface area contributed by atoms with Gasteiger partial charge in [-0.15, -0.1) is 0 Å². The predicted molar refractivity (Wildman–Crippen MR) is 89.1 cm³/mol. The first kappa shape index (κ1) is 16.1. The maximum atomic E-state index is 12.1. The van der Waals surface area contributed by atoms with Crippen molar-refractivity contribution in [3.8, 4) is 5.75 Å². The van der Waals surface area contributed by atoms with Gasteiger partial charge < -0.3 is 10.1 Å². The van der Waals surface area contributed by atoms with Crippen LogP contribution in [0.5, 0.6) is 5.75 Å². The summed E-state index contributed by atoms with van der Waals surface area (Å²) in [6.07, 6.45) is 0.404. The lowest BCUT2D eigenvalue weighted by Crippen LogP contribution is -2.28. The maximum absolute atomic E-state index is 12.1. The molecular formula is C19H23NO2. The lowest BCUT2D eigenvalue weighted by atomic mass is 10.1. The quantitative estimate of drug-likeness (QED) is 0.880. The Bertz CT molecular complexity index is 602. The normalized spacial score (nSPS) is 11.8. The summed E-state index contributed by atoms with van der Waals surface area (Å²) in [7, 11) is 0. The molecule has 1 N–H and O–H groups in total. The minimum Gasteiger partial charge on any atom is -0.494 e.